The second-order valence-corrected chi connectivity index (χ2v) is 6.67. The van der Waals surface area contributed by atoms with Gasteiger partial charge in [-0.1, -0.05) is 0 Å². The number of benzene rings is 2. The first-order valence-electron chi connectivity index (χ1n) is 9.14. The minimum atomic E-state index is -0.887. The van der Waals surface area contributed by atoms with Crippen molar-refractivity contribution >= 4 is 40.7 Å². The molecule has 0 radical (unpaired) electrons. The van der Waals surface area contributed by atoms with Crippen molar-refractivity contribution in [1.29, 1.82) is 0 Å². The van der Waals surface area contributed by atoms with Gasteiger partial charge in [-0.15, -0.1) is 0 Å². The van der Waals surface area contributed by atoms with Crippen LogP contribution in [0.3, 0.4) is 0 Å². The van der Waals surface area contributed by atoms with Crippen molar-refractivity contribution in [2.24, 2.45) is 16.6 Å². The molecular weight excluding hydrogens is 407 g/mol. The number of hydrogen-bond donors (Lipinski definition) is 4. The molecule has 10 nitrogen and oxygen atoms in total. The molecular formula is C20H19FN6O4. The predicted octanol–water partition coefficient (Wildman–Crippen LogP) is 0.0995. The van der Waals surface area contributed by atoms with Crippen molar-refractivity contribution < 1.29 is 23.6 Å². The van der Waals surface area contributed by atoms with E-state index in [1.165, 1.54) is 53.5 Å². The molecule has 0 bridgehead atoms. The van der Waals surface area contributed by atoms with Crippen LogP contribution in [0.15, 0.2) is 53.6 Å². The van der Waals surface area contributed by atoms with Gasteiger partial charge < -0.3 is 22.1 Å². The molecule has 0 aromatic heterocycles. The van der Waals surface area contributed by atoms with E-state index in [1.54, 1.807) is 0 Å². The van der Waals surface area contributed by atoms with Gasteiger partial charge in [-0.3, -0.25) is 24.2 Å². The van der Waals surface area contributed by atoms with Gasteiger partial charge in [-0.25, -0.2) is 4.39 Å². The number of halogens is 1. The monoisotopic (exact) mass is 426 g/mol. The van der Waals surface area contributed by atoms with Gasteiger partial charge in [0.2, 0.25) is 11.8 Å². The lowest BCUT2D eigenvalue weighted by Crippen LogP contribution is -2.39. The van der Waals surface area contributed by atoms with Gasteiger partial charge in [0, 0.05) is 17.7 Å². The Morgan fingerprint density at radius 1 is 1.00 bits per heavy atom. The number of nitrogens with two attached hydrogens (primary N) is 2. The van der Waals surface area contributed by atoms with Crippen LogP contribution in [0, 0.1) is 5.82 Å². The highest BCUT2D eigenvalue weighted by Crippen LogP contribution is 2.25. The highest BCUT2D eigenvalue weighted by Gasteiger charge is 2.35. The molecule has 4 amide bonds. The minimum absolute atomic E-state index is 0.0217. The van der Waals surface area contributed by atoms with Gasteiger partial charge in [0.25, 0.3) is 11.8 Å². The topological polar surface area (TPSA) is 160 Å². The molecule has 0 saturated carbocycles. The maximum Gasteiger partial charge on any atom is 0.271 e. The van der Waals surface area contributed by atoms with Gasteiger partial charge >= 0.3 is 0 Å². The molecule has 0 aliphatic carbocycles. The summed E-state index contributed by atoms with van der Waals surface area (Å²) in [6, 6.07) is 10.3. The molecule has 160 valence electrons. The van der Waals surface area contributed by atoms with Crippen molar-refractivity contribution in [2.45, 2.75) is 12.5 Å². The van der Waals surface area contributed by atoms with Gasteiger partial charge in [-0.2, -0.15) is 5.10 Å². The summed E-state index contributed by atoms with van der Waals surface area (Å²) in [4.78, 5) is 47.0. The number of hydrogen-bond acceptors (Lipinski definition) is 6. The lowest BCUT2D eigenvalue weighted by atomic mass is 10.1. The molecule has 1 aliphatic rings. The van der Waals surface area contributed by atoms with Crippen molar-refractivity contribution in [3.63, 3.8) is 0 Å². The van der Waals surface area contributed by atoms with Crippen LogP contribution in [0.1, 0.15) is 16.8 Å². The maximum absolute atomic E-state index is 13.2. The second-order valence-electron chi connectivity index (χ2n) is 6.67. The van der Waals surface area contributed by atoms with Crippen LogP contribution < -0.4 is 27.1 Å². The SMILES string of the molecule is NC(=O)CNC(=O)c1ccc(NC(=O)C2=NN(c3ccc(F)cc3)C(C(N)=O)C2)cc1. The fourth-order valence-electron chi connectivity index (χ4n) is 2.88. The molecule has 11 heteroatoms. The Labute approximate surface area is 176 Å². The predicted molar refractivity (Wildman–Crippen MR) is 111 cm³/mol. The lowest BCUT2D eigenvalue weighted by molar-refractivity contribution is -0.119. The Morgan fingerprint density at radius 2 is 1.65 bits per heavy atom. The Morgan fingerprint density at radius 3 is 2.23 bits per heavy atom. The summed E-state index contributed by atoms with van der Waals surface area (Å²) in [6.07, 6.45) is -0.0217. The van der Waals surface area contributed by atoms with Crippen molar-refractivity contribution in [2.75, 3.05) is 16.9 Å². The molecule has 1 unspecified atom stereocenters. The number of hydrazone groups is 1. The third-order valence-corrected chi connectivity index (χ3v) is 4.42. The molecule has 1 atom stereocenters. The summed E-state index contributed by atoms with van der Waals surface area (Å²) in [5, 5.41) is 10.4. The fourth-order valence-corrected chi connectivity index (χ4v) is 2.88. The molecule has 0 spiro atoms. The molecule has 0 saturated heterocycles. The zero-order valence-corrected chi connectivity index (χ0v) is 16.2. The van der Waals surface area contributed by atoms with Crippen LogP contribution in [0.5, 0.6) is 0 Å². The molecule has 2 aromatic carbocycles. The average molecular weight is 426 g/mol. The standard InChI is InChI=1S/C20H19FN6O4/c21-12-3-7-14(8-4-12)27-16(18(23)29)9-15(26-27)20(31)25-13-5-1-11(2-6-13)19(30)24-10-17(22)28/h1-8,16H,9-10H2,(H2,22,28)(H2,23,29)(H,24,30)(H,25,31). The lowest BCUT2D eigenvalue weighted by Gasteiger charge is -2.20. The number of rotatable bonds is 7. The van der Waals surface area contributed by atoms with E-state index in [-0.39, 0.29) is 24.2 Å². The Bertz CT molecular complexity index is 1050. The van der Waals surface area contributed by atoms with E-state index in [4.69, 9.17) is 11.5 Å². The summed E-state index contributed by atoms with van der Waals surface area (Å²) in [6.45, 7) is -0.289. The Kier molecular flexibility index (Phi) is 6.24. The molecule has 0 fully saturated rings. The summed E-state index contributed by atoms with van der Waals surface area (Å²) in [7, 11) is 0. The van der Waals surface area contributed by atoms with E-state index in [0.29, 0.717) is 11.4 Å². The van der Waals surface area contributed by atoms with Crippen LogP contribution in [0.4, 0.5) is 15.8 Å². The second kappa shape index (κ2) is 9.03. The molecule has 1 heterocycles. The van der Waals surface area contributed by atoms with Crippen LogP contribution in [0.2, 0.25) is 0 Å². The van der Waals surface area contributed by atoms with Crippen LogP contribution >= 0.6 is 0 Å². The van der Waals surface area contributed by atoms with Gasteiger partial charge in [-0.05, 0) is 48.5 Å². The summed E-state index contributed by atoms with van der Waals surface area (Å²) in [5.41, 5.74) is 11.5. The summed E-state index contributed by atoms with van der Waals surface area (Å²) in [5.74, 6) is -2.84. The summed E-state index contributed by atoms with van der Waals surface area (Å²) < 4.78 is 13.2. The molecule has 1 aliphatic heterocycles. The molecule has 31 heavy (non-hydrogen) atoms. The normalized spacial score (nSPS) is 15.2. The van der Waals surface area contributed by atoms with Gasteiger partial charge in [0.15, 0.2) is 0 Å². The van der Waals surface area contributed by atoms with E-state index in [2.05, 4.69) is 15.7 Å². The number of nitrogens with zero attached hydrogens (tertiary/aromatic N) is 2. The number of primary amides is 2. The molecule has 3 rings (SSSR count). The van der Waals surface area contributed by atoms with Crippen molar-refractivity contribution in [3.05, 3.63) is 59.9 Å². The van der Waals surface area contributed by atoms with Gasteiger partial charge in [0.05, 0.1) is 12.2 Å². The highest BCUT2D eigenvalue weighted by atomic mass is 19.1. The fraction of sp³-hybridized carbons (Fsp3) is 0.150. The first kappa shape index (κ1) is 21.4. The number of carbonyl (C=O) groups excluding carboxylic acids is 4. The zero-order valence-electron chi connectivity index (χ0n) is 16.2. The third kappa shape index (κ3) is 5.21. The summed E-state index contributed by atoms with van der Waals surface area (Å²) >= 11 is 0. The first-order chi connectivity index (χ1) is 14.7. The van der Waals surface area contributed by atoms with Crippen molar-refractivity contribution in [1.82, 2.24) is 5.32 Å². The van der Waals surface area contributed by atoms with Crippen LogP contribution in [-0.4, -0.2) is 41.9 Å². The first-order valence-corrected chi connectivity index (χ1v) is 9.14. The van der Waals surface area contributed by atoms with E-state index in [9.17, 15) is 23.6 Å². The zero-order chi connectivity index (χ0) is 22.5. The number of anilines is 2. The smallest absolute Gasteiger partial charge is 0.271 e. The Balaban J connectivity index is 1.70. The van der Waals surface area contributed by atoms with Crippen LogP contribution in [-0.2, 0) is 14.4 Å². The van der Waals surface area contributed by atoms with E-state index in [0.717, 1.165) is 0 Å². The minimum Gasteiger partial charge on any atom is -0.368 e. The largest absolute Gasteiger partial charge is 0.368 e. The Hall–Kier alpha value is -4.28. The quantitative estimate of drug-likeness (QED) is 0.493. The highest BCUT2D eigenvalue weighted by molar-refractivity contribution is 6.44. The van der Waals surface area contributed by atoms with E-state index in [1.807, 2.05) is 0 Å². The van der Waals surface area contributed by atoms with Crippen LogP contribution in [0.25, 0.3) is 0 Å². The molecule has 6 N–H and O–H groups in total. The number of nitrogens with one attached hydrogen (secondary N) is 2. The van der Waals surface area contributed by atoms with E-state index < -0.39 is 35.5 Å². The third-order valence-electron chi connectivity index (χ3n) is 4.42. The van der Waals surface area contributed by atoms with Crippen molar-refractivity contribution in [3.8, 4) is 0 Å². The maximum atomic E-state index is 13.2. The number of amides is 4. The van der Waals surface area contributed by atoms with E-state index >= 15 is 0 Å². The number of carbonyl (C=O) groups is 4. The average Bonchev–Trinajstić information content (AvgIpc) is 3.19. The molecule has 2 aromatic rings. The van der Waals surface area contributed by atoms with Gasteiger partial charge in [0.1, 0.15) is 17.6 Å².